The molecule has 1 amide bonds. The largest absolute Gasteiger partial charge is 0.338 e. The van der Waals surface area contributed by atoms with Gasteiger partial charge in [-0.1, -0.05) is 30.7 Å². The van der Waals surface area contributed by atoms with Crippen LogP contribution < -0.4 is 10.9 Å². The van der Waals surface area contributed by atoms with Crippen LogP contribution in [0, 0.1) is 11.7 Å². The minimum Gasteiger partial charge on any atom is -0.338 e. The molecule has 1 aliphatic carbocycles. The van der Waals surface area contributed by atoms with Crippen LogP contribution in [0.5, 0.6) is 0 Å². The summed E-state index contributed by atoms with van der Waals surface area (Å²) in [5, 5.41) is 11.7. The lowest BCUT2D eigenvalue weighted by Gasteiger charge is -2.44. The lowest BCUT2D eigenvalue weighted by atomic mass is 9.87. The molecule has 33 heavy (non-hydrogen) atoms. The molecule has 5 rings (SSSR count). The van der Waals surface area contributed by atoms with Crippen molar-refractivity contribution < 1.29 is 9.18 Å². The van der Waals surface area contributed by atoms with Crippen molar-refractivity contribution >= 4 is 29.1 Å². The SMILES string of the molecule is CC(NC1CCC1)C1CN(C(=O)c2cc(Cc3n[nH]c(=O)c4ccccc34)ccc2F)C1.Cl. The third-order valence-electron chi connectivity index (χ3n) is 6.92. The van der Waals surface area contributed by atoms with E-state index in [1.165, 1.54) is 25.3 Å². The first kappa shape index (κ1) is 23.4. The zero-order chi connectivity index (χ0) is 22.2. The van der Waals surface area contributed by atoms with E-state index in [-0.39, 0.29) is 29.4 Å². The fraction of sp³-hybridized carbons (Fsp3) is 0.400. The monoisotopic (exact) mass is 470 g/mol. The number of aromatic nitrogens is 2. The van der Waals surface area contributed by atoms with Gasteiger partial charge in [-0.2, -0.15) is 5.10 Å². The number of hydrogen-bond acceptors (Lipinski definition) is 4. The molecule has 8 heteroatoms. The van der Waals surface area contributed by atoms with Crippen LogP contribution in [-0.4, -0.2) is 46.2 Å². The summed E-state index contributed by atoms with van der Waals surface area (Å²) in [7, 11) is 0. The zero-order valence-corrected chi connectivity index (χ0v) is 19.3. The van der Waals surface area contributed by atoms with Gasteiger partial charge in [-0.15, -0.1) is 12.4 Å². The summed E-state index contributed by atoms with van der Waals surface area (Å²) in [6, 6.07) is 12.9. The van der Waals surface area contributed by atoms with E-state index in [0.29, 0.717) is 48.6 Å². The maximum absolute atomic E-state index is 14.5. The molecule has 2 N–H and O–H groups in total. The van der Waals surface area contributed by atoms with Crippen molar-refractivity contribution in [1.29, 1.82) is 0 Å². The summed E-state index contributed by atoms with van der Waals surface area (Å²) in [5.74, 6) is -0.375. The van der Waals surface area contributed by atoms with Crippen LogP contribution in [0.2, 0.25) is 0 Å². The molecule has 2 aromatic carbocycles. The molecule has 2 fully saturated rings. The Hall–Kier alpha value is -2.77. The minimum absolute atomic E-state index is 0. The Morgan fingerprint density at radius 1 is 1.21 bits per heavy atom. The molecule has 174 valence electrons. The number of carbonyl (C=O) groups is 1. The molecule has 1 aromatic heterocycles. The molecule has 0 radical (unpaired) electrons. The number of H-pyrrole nitrogens is 1. The van der Waals surface area contributed by atoms with E-state index in [2.05, 4.69) is 22.4 Å². The van der Waals surface area contributed by atoms with Gasteiger partial charge in [0.15, 0.2) is 0 Å². The lowest BCUT2D eigenvalue weighted by Crippen LogP contribution is -2.58. The number of benzene rings is 2. The molecule has 3 aromatic rings. The topological polar surface area (TPSA) is 78.1 Å². The fourth-order valence-corrected chi connectivity index (χ4v) is 4.59. The molecule has 6 nitrogen and oxygen atoms in total. The number of carbonyl (C=O) groups excluding carboxylic acids is 1. The van der Waals surface area contributed by atoms with E-state index in [9.17, 15) is 14.0 Å². The van der Waals surface area contributed by atoms with Gasteiger partial charge >= 0.3 is 0 Å². The second-order valence-corrected chi connectivity index (χ2v) is 9.09. The number of halogens is 2. The van der Waals surface area contributed by atoms with Crippen LogP contribution in [0.3, 0.4) is 0 Å². The number of rotatable bonds is 6. The number of fused-ring (bicyclic) bond motifs is 1. The van der Waals surface area contributed by atoms with Crippen LogP contribution >= 0.6 is 12.4 Å². The van der Waals surface area contributed by atoms with Gasteiger partial charge < -0.3 is 10.2 Å². The Morgan fingerprint density at radius 2 is 1.94 bits per heavy atom. The highest BCUT2D eigenvalue weighted by molar-refractivity contribution is 5.95. The Bertz CT molecular complexity index is 1220. The Morgan fingerprint density at radius 3 is 2.64 bits per heavy atom. The Balaban J connectivity index is 0.00000259. The molecule has 1 saturated carbocycles. The average Bonchev–Trinajstić information content (AvgIpc) is 2.73. The van der Waals surface area contributed by atoms with Gasteiger partial charge in [0.05, 0.1) is 16.6 Å². The predicted octanol–water partition coefficient (Wildman–Crippen LogP) is 3.68. The molecule has 0 bridgehead atoms. The van der Waals surface area contributed by atoms with Gasteiger partial charge in [0.25, 0.3) is 11.5 Å². The second-order valence-electron chi connectivity index (χ2n) is 9.09. The molecule has 1 aliphatic heterocycles. The van der Waals surface area contributed by atoms with Crippen LogP contribution in [0.25, 0.3) is 10.8 Å². The Kier molecular flexibility index (Phi) is 6.81. The van der Waals surface area contributed by atoms with E-state index in [1.807, 2.05) is 12.1 Å². The number of nitrogens with zero attached hydrogens (tertiary/aromatic N) is 2. The van der Waals surface area contributed by atoms with Gasteiger partial charge in [0, 0.05) is 42.9 Å². The summed E-state index contributed by atoms with van der Waals surface area (Å²) in [6.07, 6.45) is 4.15. The molecular weight excluding hydrogens is 443 g/mol. The predicted molar refractivity (Wildman–Crippen MR) is 128 cm³/mol. The maximum Gasteiger partial charge on any atom is 0.272 e. The number of amides is 1. The van der Waals surface area contributed by atoms with Crippen LogP contribution in [-0.2, 0) is 6.42 Å². The zero-order valence-electron chi connectivity index (χ0n) is 18.5. The molecule has 1 saturated heterocycles. The van der Waals surface area contributed by atoms with Gasteiger partial charge in [0.2, 0.25) is 0 Å². The van der Waals surface area contributed by atoms with E-state index in [1.54, 1.807) is 29.2 Å². The third kappa shape index (κ3) is 4.66. The van der Waals surface area contributed by atoms with Crippen molar-refractivity contribution in [3.63, 3.8) is 0 Å². The quantitative estimate of drug-likeness (QED) is 0.576. The van der Waals surface area contributed by atoms with Gasteiger partial charge in [-0.3, -0.25) is 9.59 Å². The number of nitrogens with one attached hydrogen (secondary N) is 2. The third-order valence-corrected chi connectivity index (χ3v) is 6.92. The highest BCUT2D eigenvalue weighted by Crippen LogP contribution is 2.26. The van der Waals surface area contributed by atoms with E-state index >= 15 is 0 Å². The number of likely N-dealkylation sites (tertiary alicyclic amines) is 1. The summed E-state index contributed by atoms with van der Waals surface area (Å²) in [6.45, 7) is 3.47. The van der Waals surface area contributed by atoms with Crippen molar-refractivity contribution in [2.75, 3.05) is 13.1 Å². The standard InChI is InChI=1S/C25H27FN4O2.ClH/c1-15(27-18-5-4-6-18)17-13-30(14-17)25(32)21-11-16(9-10-22(21)26)12-23-19-7-2-3-8-20(19)24(31)29-28-23;/h2-3,7-11,15,17-18,27H,4-6,12-14H2,1H3,(H,29,31);1H. The molecule has 1 unspecified atom stereocenters. The summed E-state index contributed by atoms with van der Waals surface area (Å²) >= 11 is 0. The number of aromatic amines is 1. The maximum atomic E-state index is 14.5. The van der Waals surface area contributed by atoms with Crippen molar-refractivity contribution in [2.45, 2.75) is 44.7 Å². The lowest BCUT2D eigenvalue weighted by molar-refractivity contribution is 0.0408. The highest BCUT2D eigenvalue weighted by atomic mass is 35.5. The normalized spacial score (nSPS) is 17.2. The number of hydrogen-bond donors (Lipinski definition) is 2. The van der Waals surface area contributed by atoms with Crippen molar-refractivity contribution in [3.8, 4) is 0 Å². The smallest absolute Gasteiger partial charge is 0.272 e. The first-order valence-electron chi connectivity index (χ1n) is 11.3. The van der Waals surface area contributed by atoms with E-state index in [0.717, 1.165) is 10.9 Å². The van der Waals surface area contributed by atoms with Crippen LogP contribution in [0.15, 0.2) is 47.3 Å². The molecule has 2 aliphatic rings. The summed E-state index contributed by atoms with van der Waals surface area (Å²) in [5.41, 5.74) is 1.31. The van der Waals surface area contributed by atoms with E-state index < -0.39 is 5.82 Å². The Labute approximate surface area is 198 Å². The van der Waals surface area contributed by atoms with E-state index in [4.69, 9.17) is 0 Å². The summed E-state index contributed by atoms with van der Waals surface area (Å²) in [4.78, 5) is 26.7. The average molecular weight is 471 g/mol. The molecular formula is C25H28ClFN4O2. The first-order chi connectivity index (χ1) is 15.5. The van der Waals surface area contributed by atoms with Crippen molar-refractivity contribution in [3.05, 3.63) is 75.5 Å². The van der Waals surface area contributed by atoms with Gasteiger partial charge in [-0.25, -0.2) is 9.49 Å². The van der Waals surface area contributed by atoms with Crippen molar-refractivity contribution in [2.24, 2.45) is 5.92 Å². The molecule has 2 heterocycles. The van der Waals surface area contributed by atoms with Crippen LogP contribution in [0.1, 0.15) is 47.8 Å². The fourth-order valence-electron chi connectivity index (χ4n) is 4.59. The van der Waals surface area contributed by atoms with Gasteiger partial charge in [-0.05, 0) is 43.5 Å². The minimum atomic E-state index is -0.512. The van der Waals surface area contributed by atoms with Crippen LogP contribution in [0.4, 0.5) is 4.39 Å². The molecule has 0 spiro atoms. The second kappa shape index (κ2) is 9.61. The van der Waals surface area contributed by atoms with Gasteiger partial charge in [0.1, 0.15) is 5.82 Å². The molecule has 1 atom stereocenters. The van der Waals surface area contributed by atoms with Crippen molar-refractivity contribution in [1.82, 2.24) is 20.4 Å². The highest BCUT2D eigenvalue weighted by Gasteiger charge is 2.36. The first-order valence-corrected chi connectivity index (χ1v) is 11.3. The summed E-state index contributed by atoms with van der Waals surface area (Å²) < 4.78 is 14.5.